The predicted molar refractivity (Wildman–Crippen MR) is 200 cm³/mol. The molecular weight excluding hydrogens is 691 g/mol. The van der Waals surface area contributed by atoms with Gasteiger partial charge >= 0.3 is 7.12 Å². The summed E-state index contributed by atoms with van der Waals surface area (Å²) in [5, 5.41) is 24.8. The molecule has 6 N–H and O–H groups in total. The topological polar surface area (TPSA) is 175 Å². The first-order valence-electron chi connectivity index (χ1n) is 20.0. The number of fused-ring (bicyclic) bond motifs is 3. The summed E-state index contributed by atoms with van der Waals surface area (Å²) in [7, 11) is -1.29. The van der Waals surface area contributed by atoms with Crippen molar-refractivity contribution in [3.63, 3.8) is 0 Å². The van der Waals surface area contributed by atoms with Crippen molar-refractivity contribution in [2.75, 3.05) is 59.3 Å². The van der Waals surface area contributed by atoms with Gasteiger partial charge in [0.25, 0.3) is 0 Å². The van der Waals surface area contributed by atoms with E-state index in [-0.39, 0.29) is 59.3 Å². The maximum absolute atomic E-state index is 12.8. The molecule has 0 spiro atoms. The Kier molecular flexibility index (Phi) is 17.4. The Bertz CT molecular complexity index is 1130. The first-order valence-corrected chi connectivity index (χ1v) is 20.4. The average Bonchev–Trinajstić information content (AvgIpc) is 3.46. The van der Waals surface area contributed by atoms with Gasteiger partial charge in [0, 0.05) is 42.1 Å². The zero-order valence-corrected chi connectivity index (χ0v) is 32.1. The summed E-state index contributed by atoms with van der Waals surface area (Å²) in [6.45, 7) is 8.49. The second-order valence-corrected chi connectivity index (χ2v) is 15.8. The van der Waals surface area contributed by atoms with Gasteiger partial charge in [-0.2, -0.15) is 0 Å². The van der Waals surface area contributed by atoms with Gasteiger partial charge < -0.3 is 39.6 Å². The number of alkyl halides is 1. The molecule has 0 bridgehead atoms. The van der Waals surface area contributed by atoms with Gasteiger partial charge in [0.2, 0.25) is 11.8 Å². The number of carbonyl (C=O) groups excluding carboxylic acids is 2. The van der Waals surface area contributed by atoms with E-state index in [0.717, 1.165) is 44.9 Å². The van der Waals surface area contributed by atoms with E-state index in [9.17, 15) is 19.6 Å². The highest BCUT2D eigenvalue weighted by molar-refractivity contribution is 6.43. The molecule has 2 amide bonds. The van der Waals surface area contributed by atoms with Gasteiger partial charge in [0.15, 0.2) is 0 Å². The third-order valence-corrected chi connectivity index (χ3v) is 12.1. The van der Waals surface area contributed by atoms with E-state index in [0.29, 0.717) is 103 Å². The molecule has 5 aliphatic rings. The Morgan fingerprint density at radius 3 is 2.23 bits per heavy atom. The Morgan fingerprint density at radius 2 is 1.56 bits per heavy atom. The number of rotatable bonds is 19. The molecule has 296 valence electrons. The molecule has 2 aliphatic heterocycles. The molecule has 16 heteroatoms. The van der Waals surface area contributed by atoms with Gasteiger partial charge in [-0.25, -0.2) is 10.9 Å². The normalized spacial score (nSPS) is 33.8. The highest BCUT2D eigenvalue weighted by Gasteiger charge is 2.50. The molecule has 4 fully saturated rings. The van der Waals surface area contributed by atoms with Crippen LogP contribution in [0.2, 0.25) is 5.82 Å². The molecule has 6 atom stereocenters. The second-order valence-electron chi connectivity index (χ2n) is 15.2. The van der Waals surface area contributed by atoms with Crippen LogP contribution in [0.5, 0.6) is 0 Å². The van der Waals surface area contributed by atoms with Gasteiger partial charge in [0.05, 0.1) is 77.1 Å². The second kappa shape index (κ2) is 21.6. The van der Waals surface area contributed by atoms with E-state index in [2.05, 4.69) is 33.3 Å². The molecule has 0 aromatic carbocycles. The number of hydrogen-bond donors (Lipinski definition) is 6. The molecule has 2 heterocycles. The molecule has 14 nitrogen and oxygen atoms in total. The Hall–Kier alpha value is -1.40. The molecule has 5 rings (SSSR count). The smallest absolute Gasteiger partial charge is 0.427 e. The molecule has 3 saturated carbocycles. The minimum absolute atomic E-state index is 0.0142. The minimum atomic E-state index is -1.29. The fraction of sp³-hybridized carbons (Fsp3) is 0.917. The van der Waals surface area contributed by atoms with E-state index in [1.165, 1.54) is 5.71 Å². The van der Waals surface area contributed by atoms with Crippen molar-refractivity contribution >= 4 is 36.2 Å². The van der Waals surface area contributed by atoms with Gasteiger partial charge in [-0.15, -0.1) is 11.6 Å². The predicted octanol–water partition coefficient (Wildman–Crippen LogP) is 1.97. The maximum Gasteiger partial charge on any atom is 0.454 e. The van der Waals surface area contributed by atoms with Crippen LogP contribution < -0.4 is 21.5 Å². The number of aliphatic imine (C=N–C) groups is 1. The summed E-state index contributed by atoms with van der Waals surface area (Å²) in [6, 6.07) is 0.156. The van der Waals surface area contributed by atoms with Crippen LogP contribution >= 0.6 is 11.6 Å². The molecule has 3 aliphatic carbocycles. The fourth-order valence-electron chi connectivity index (χ4n) is 8.94. The van der Waals surface area contributed by atoms with Crippen LogP contribution in [-0.4, -0.2) is 135 Å². The summed E-state index contributed by atoms with van der Waals surface area (Å²) in [4.78, 5) is 33.2. The van der Waals surface area contributed by atoms with Gasteiger partial charge in [0.1, 0.15) is 0 Å². The van der Waals surface area contributed by atoms with E-state index >= 15 is 0 Å². The highest BCUT2D eigenvalue weighted by atomic mass is 35.5. The lowest BCUT2D eigenvalue weighted by Crippen LogP contribution is -2.55. The van der Waals surface area contributed by atoms with E-state index in [4.69, 9.17) is 35.5 Å². The van der Waals surface area contributed by atoms with Crippen LogP contribution in [0.1, 0.15) is 90.9 Å². The highest BCUT2D eigenvalue weighted by Crippen LogP contribution is 2.42. The lowest BCUT2D eigenvalue weighted by molar-refractivity contribution is -0.126. The van der Waals surface area contributed by atoms with E-state index < -0.39 is 7.12 Å². The summed E-state index contributed by atoms with van der Waals surface area (Å²) < 4.78 is 23.4. The summed E-state index contributed by atoms with van der Waals surface area (Å²) in [6.07, 6.45) is 10.3. The SMILES string of the molecule is CCNC(=O)C[C@@H]1N=C(C2CCC(Cl)CC2)C2CC(OCCOCCOCCOCCNC(=O)C3CCC(B(O)O)CC3)CCC2N2C(C)NNC12. The Morgan fingerprint density at radius 1 is 0.885 bits per heavy atom. The van der Waals surface area contributed by atoms with Gasteiger partial charge in [-0.3, -0.25) is 19.5 Å². The largest absolute Gasteiger partial charge is 0.454 e. The van der Waals surface area contributed by atoms with Crippen molar-refractivity contribution in [1.29, 1.82) is 0 Å². The molecule has 0 aromatic rings. The van der Waals surface area contributed by atoms with Crippen molar-refractivity contribution in [3.8, 4) is 0 Å². The van der Waals surface area contributed by atoms with Gasteiger partial charge in [-0.05, 0) is 83.4 Å². The van der Waals surface area contributed by atoms with Gasteiger partial charge in [-0.1, -0.05) is 12.8 Å². The number of hydrogen-bond acceptors (Lipinski definition) is 12. The van der Waals surface area contributed by atoms with Crippen LogP contribution in [0.3, 0.4) is 0 Å². The minimum Gasteiger partial charge on any atom is -0.427 e. The van der Waals surface area contributed by atoms with E-state index in [1.807, 2.05) is 6.92 Å². The zero-order chi connectivity index (χ0) is 36.9. The maximum atomic E-state index is 12.8. The van der Waals surface area contributed by atoms with Crippen molar-refractivity contribution in [1.82, 2.24) is 26.4 Å². The molecule has 0 aromatic heterocycles. The third kappa shape index (κ3) is 12.1. The first kappa shape index (κ1) is 41.8. The number of nitrogens with zero attached hydrogens (tertiary/aromatic N) is 2. The fourth-order valence-corrected chi connectivity index (χ4v) is 9.20. The van der Waals surface area contributed by atoms with Crippen LogP contribution in [0.15, 0.2) is 4.99 Å². The van der Waals surface area contributed by atoms with Crippen molar-refractivity contribution in [3.05, 3.63) is 0 Å². The third-order valence-electron chi connectivity index (χ3n) is 11.7. The van der Waals surface area contributed by atoms with Crippen LogP contribution in [0.25, 0.3) is 0 Å². The van der Waals surface area contributed by atoms with Crippen molar-refractivity contribution < 1.29 is 38.6 Å². The standard InChI is InChI=1S/C36H64BClN6O8/c1-3-39-33(45)23-31-35-43-42-24(2)44(35)32-13-12-29(22-30(32)34(41-31)25-6-10-28(38)11-7-25)52-21-20-51-19-18-50-17-16-49-15-14-40-36(46)26-4-8-27(9-5-26)37(47)48/h24-32,35,42-43,47-48H,3-23H2,1-2H3,(H,39,45)(H,40,46)/t24?,25?,26?,27?,28?,29?,30?,31-,32?,35?/m0/s1. The lowest BCUT2D eigenvalue weighted by Gasteiger charge is -2.44. The molecule has 1 saturated heterocycles. The number of hydrazine groups is 1. The Balaban J connectivity index is 0.979. The number of halogens is 1. The monoisotopic (exact) mass is 754 g/mol. The number of carbonyl (C=O) groups is 2. The first-order chi connectivity index (χ1) is 25.2. The zero-order valence-electron chi connectivity index (χ0n) is 31.3. The molecule has 52 heavy (non-hydrogen) atoms. The molecule has 0 radical (unpaired) electrons. The summed E-state index contributed by atoms with van der Waals surface area (Å²) >= 11 is 6.54. The van der Waals surface area contributed by atoms with Crippen LogP contribution in [-0.2, 0) is 28.5 Å². The van der Waals surface area contributed by atoms with Crippen molar-refractivity contribution in [2.45, 2.75) is 133 Å². The van der Waals surface area contributed by atoms with Crippen LogP contribution in [0.4, 0.5) is 0 Å². The number of ether oxygens (including phenoxy) is 4. The number of nitrogens with one attached hydrogen (secondary N) is 4. The Labute approximate surface area is 315 Å². The summed E-state index contributed by atoms with van der Waals surface area (Å²) in [5.74, 6) is 0.526. The number of amides is 2. The quantitative estimate of drug-likeness (QED) is 0.0647. The summed E-state index contributed by atoms with van der Waals surface area (Å²) in [5.41, 5.74) is 8.20. The van der Waals surface area contributed by atoms with E-state index in [1.54, 1.807) is 0 Å². The average molecular weight is 755 g/mol. The van der Waals surface area contributed by atoms with Crippen molar-refractivity contribution in [2.24, 2.45) is 22.7 Å². The molecule has 5 unspecified atom stereocenters. The molecular formula is C36H64BClN6O8. The lowest BCUT2D eigenvalue weighted by atomic mass is 9.63. The van der Waals surface area contributed by atoms with Crippen LogP contribution in [0, 0.1) is 17.8 Å².